The summed E-state index contributed by atoms with van der Waals surface area (Å²) in [6, 6.07) is 6.78. The van der Waals surface area contributed by atoms with E-state index in [0.29, 0.717) is 32.4 Å². The van der Waals surface area contributed by atoms with Crippen LogP contribution < -0.4 is 5.32 Å². The van der Waals surface area contributed by atoms with Gasteiger partial charge in [0.2, 0.25) is 11.8 Å². The number of hydrogen-bond donors (Lipinski definition) is 1. The molecular weight excluding hydrogens is 343 g/mol. The number of halogens is 1. The van der Waals surface area contributed by atoms with Crippen molar-refractivity contribution in [3.05, 3.63) is 35.6 Å². The summed E-state index contributed by atoms with van der Waals surface area (Å²) >= 11 is 0. The van der Waals surface area contributed by atoms with Gasteiger partial charge in [-0.1, -0.05) is 44.2 Å². The maximum absolute atomic E-state index is 13.3. The minimum atomic E-state index is -0.256. The van der Waals surface area contributed by atoms with Crippen LogP contribution in [0.5, 0.6) is 0 Å². The molecule has 0 unspecified atom stereocenters. The van der Waals surface area contributed by atoms with E-state index in [1.165, 1.54) is 44.2 Å². The number of carbonyl (C=O) groups excluding carboxylic acids is 2. The minimum absolute atomic E-state index is 0.0985. The molecule has 148 valence electrons. The van der Waals surface area contributed by atoms with Crippen molar-refractivity contribution in [2.24, 2.45) is 5.92 Å². The highest BCUT2D eigenvalue weighted by atomic mass is 19.1. The fraction of sp³-hybridized carbons (Fsp3) is 0.636. The third-order valence-corrected chi connectivity index (χ3v) is 5.88. The molecule has 1 aromatic rings. The smallest absolute Gasteiger partial charge is 0.225 e. The zero-order valence-electron chi connectivity index (χ0n) is 16.1. The van der Waals surface area contributed by atoms with Gasteiger partial charge in [0.15, 0.2) is 0 Å². The molecule has 1 saturated heterocycles. The highest BCUT2D eigenvalue weighted by molar-refractivity contribution is 5.84. The summed E-state index contributed by atoms with van der Waals surface area (Å²) in [5.74, 6) is -0.181. The molecule has 2 aliphatic rings. The molecule has 1 aliphatic carbocycles. The largest absolute Gasteiger partial charge is 0.353 e. The van der Waals surface area contributed by atoms with Gasteiger partial charge in [0.25, 0.3) is 0 Å². The summed E-state index contributed by atoms with van der Waals surface area (Å²) in [7, 11) is 0. The van der Waals surface area contributed by atoms with Gasteiger partial charge < -0.3 is 10.2 Å². The molecule has 0 radical (unpaired) electrons. The van der Waals surface area contributed by atoms with Crippen LogP contribution >= 0.6 is 0 Å². The van der Waals surface area contributed by atoms with Crippen molar-refractivity contribution in [1.29, 1.82) is 0 Å². The van der Waals surface area contributed by atoms with Crippen molar-refractivity contribution in [2.45, 2.75) is 70.3 Å². The average molecular weight is 375 g/mol. The first-order valence-corrected chi connectivity index (χ1v) is 10.4. The molecule has 27 heavy (non-hydrogen) atoms. The number of piperidine rings is 1. The maximum Gasteiger partial charge on any atom is 0.225 e. The summed E-state index contributed by atoms with van der Waals surface area (Å²) in [5, 5.41) is 3.25. The number of nitrogens with zero attached hydrogens (tertiary/aromatic N) is 1. The van der Waals surface area contributed by atoms with Crippen LogP contribution in [0, 0.1) is 11.7 Å². The molecule has 5 heteroatoms. The first-order valence-electron chi connectivity index (χ1n) is 10.4. The summed E-state index contributed by atoms with van der Waals surface area (Å²) < 4.78 is 13.3. The number of nitrogens with one attached hydrogen (secondary N) is 1. The van der Waals surface area contributed by atoms with Crippen molar-refractivity contribution in [1.82, 2.24) is 10.2 Å². The second-order valence-corrected chi connectivity index (χ2v) is 8.01. The van der Waals surface area contributed by atoms with Gasteiger partial charge in [-0.05, 0) is 43.4 Å². The molecule has 0 spiro atoms. The fourth-order valence-electron chi connectivity index (χ4n) is 4.22. The predicted octanol–water partition coefficient (Wildman–Crippen LogP) is 3.84. The summed E-state index contributed by atoms with van der Waals surface area (Å²) in [4.78, 5) is 26.8. The lowest BCUT2D eigenvalue weighted by Crippen LogP contribution is -2.48. The van der Waals surface area contributed by atoms with Gasteiger partial charge in [-0.3, -0.25) is 9.59 Å². The SMILES string of the molecule is O=C(NC1CCCCCCC1)[C@@H]1CCC(=O)N(CCc2cccc(F)c2)C1. The predicted molar refractivity (Wildman–Crippen MR) is 104 cm³/mol. The molecule has 2 fully saturated rings. The Morgan fingerprint density at radius 1 is 1.11 bits per heavy atom. The van der Waals surface area contributed by atoms with E-state index >= 15 is 0 Å². The Bertz CT molecular complexity index is 641. The standard InChI is InChI=1S/C22H31FN2O2/c23-19-8-6-7-17(15-19)13-14-25-16-18(11-12-21(25)26)22(27)24-20-9-4-2-1-3-5-10-20/h6-8,15,18,20H,1-5,9-14,16H2,(H,24,27)/t18-/m1/s1. The summed E-state index contributed by atoms with van der Waals surface area (Å²) in [6.07, 6.45) is 10.0. The molecule has 1 aliphatic heterocycles. The van der Waals surface area contributed by atoms with Crippen LogP contribution in [0.4, 0.5) is 4.39 Å². The molecule has 1 atom stereocenters. The van der Waals surface area contributed by atoms with Crippen molar-refractivity contribution >= 4 is 11.8 Å². The topological polar surface area (TPSA) is 49.4 Å². The van der Waals surface area contributed by atoms with Gasteiger partial charge in [0.1, 0.15) is 5.82 Å². The lowest BCUT2D eigenvalue weighted by atomic mass is 9.93. The zero-order chi connectivity index (χ0) is 19.1. The van der Waals surface area contributed by atoms with E-state index in [4.69, 9.17) is 0 Å². The van der Waals surface area contributed by atoms with Crippen LogP contribution in [0.1, 0.15) is 63.4 Å². The third kappa shape index (κ3) is 6.05. The molecule has 4 nitrogen and oxygen atoms in total. The van der Waals surface area contributed by atoms with Crippen LogP contribution in [-0.2, 0) is 16.0 Å². The minimum Gasteiger partial charge on any atom is -0.353 e. The average Bonchev–Trinajstić information content (AvgIpc) is 2.63. The number of rotatable bonds is 5. The van der Waals surface area contributed by atoms with Crippen LogP contribution in [-0.4, -0.2) is 35.8 Å². The van der Waals surface area contributed by atoms with Gasteiger partial charge in [-0.15, -0.1) is 0 Å². The van der Waals surface area contributed by atoms with Crippen molar-refractivity contribution in [3.63, 3.8) is 0 Å². The second-order valence-electron chi connectivity index (χ2n) is 8.01. The monoisotopic (exact) mass is 374 g/mol. The highest BCUT2D eigenvalue weighted by Crippen LogP contribution is 2.21. The van der Waals surface area contributed by atoms with Gasteiger partial charge in [-0.25, -0.2) is 4.39 Å². The third-order valence-electron chi connectivity index (χ3n) is 5.88. The van der Waals surface area contributed by atoms with E-state index in [-0.39, 0.29) is 29.6 Å². The molecule has 1 aromatic carbocycles. The van der Waals surface area contributed by atoms with Gasteiger partial charge in [0.05, 0.1) is 5.92 Å². The first-order chi connectivity index (χ1) is 13.1. The lowest BCUT2D eigenvalue weighted by Gasteiger charge is -2.33. The van der Waals surface area contributed by atoms with E-state index in [0.717, 1.165) is 18.4 Å². The molecule has 1 saturated carbocycles. The van der Waals surface area contributed by atoms with Crippen LogP contribution in [0.2, 0.25) is 0 Å². The Morgan fingerprint density at radius 3 is 2.59 bits per heavy atom. The molecule has 2 amide bonds. The molecule has 0 bridgehead atoms. The number of likely N-dealkylation sites (tertiary alicyclic amines) is 1. The molecule has 3 rings (SSSR count). The van der Waals surface area contributed by atoms with E-state index in [9.17, 15) is 14.0 Å². The van der Waals surface area contributed by atoms with Crippen LogP contribution in [0.15, 0.2) is 24.3 Å². The Labute approximate surface area is 161 Å². The van der Waals surface area contributed by atoms with Gasteiger partial charge >= 0.3 is 0 Å². The van der Waals surface area contributed by atoms with Gasteiger partial charge in [0, 0.05) is 25.6 Å². The molecular formula is C22H31FN2O2. The fourth-order valence-corrected chi connectivity index (χ4v) is 4.22. The number of benzene rings is 1. The van der Waals surface area contributed by atoms with Gasteiger partial charge in [-0.2, -0.15) is 0 Å². The molecule has 0 aromatic heterocycles. The summed E-state index contributed by atoms with van der Waals surface area (Å²) in [6.45, 7) is 1.02. The number of hydrogen-bond acceptors (Lipinski definition) is 2. The highest BCUT2D eigenvalue weighted by Gasteiger charge is 2.31. The van der Waals surface area contributed by atoms with Crippen molar-refractivity contribution < 1.29 is 14.0 Å². The van der Waals surface area contributed by atoms with E-state index in [1.54, 1.807) is 11.0 Å². The van der Waals surface area contributed by atoms with Crippen molar-refractivity contribution in [2.75, 3.05) is 13.1 Å². The molecule has 1 N–H and O–H groups in total. The Balaban J connectivity index is 1.50. The Hall–Kier alpha value is -1.91. The van der Waals surface area contributed by atoms with E-state index in [1.807, 2.05) is 6.07 Å². The molecule has 1 heterocycles. The maximum atomic E-state index is 13.3. The first kappa shape index (κ1) is 19.8. The Kier molecular flexibility index (Phi) is 7.25. The number of carbonyl (C=O) groups is 2. The normalized spacial score (nSPS) is 22.2. The van der Waals surface area contributed by atoms with E-state index in [2.05, 4.69) is 5.32 Å². The second kappa shape index (κ2) is 9.86. The zero-order valence-corrected chi connectivity index (χ0v) is 16.1. The van der Waals surface area contributed by atoms with Crippen LogP contribution in [0.25, 0.3) is 0 Å². The number of amides is 2. The summed E-state index contributed by atoms with van der Waals surface area (Å²) in [5.41, 5.74) is 0.879. The Morgan fingerprint density at radius 2 is 1.85 bits per heavy atom. The quantitative estimate of drug-likeness (QED) is 0.851. The van der Waals surface area contributed by atoms with Crippen LogP contribution in [0.3, 0.4) is 0 Å². The van der Waals surface area contributed by atoms with E-state index < -0.39 is 0 Å². The lowest BCUT2D eigenvalue weighted by molar-refractivity contribution is -0.138. The van der Waals surface area contributed by atoms with Crippen molar-refractivity contribution in [3.8, 4) is 0 Å².